The number of para-hydroxylation sites is 1. The normalized spacial score (nSPS) is 18.8. The summed E-state index contributed by atoms with van der Waals surface area (Å²) >= 11 is 1.63. The SMILES string of the molecule is CC1C(=O)NCCN1C(=O)CCc1nc2ccccc2s1. The van der Waals surface area contributed by atoms with Gasteiger partial charge in [0.05, 0.1) is 15.2 Å². The number of aryl methyl sites for hydroxylation is 1. The molecule has 1 N–H and O–H groups in total. The lowest BCUT2D eigenvalue weighted by Gasteiger charge is -2.32. The summed E-state index contributed by atoms with van der Waals surface area (Å²) < 4.78 is 1.14. The van der Waals surface area contributed by atoms with E-state index in [1.54, 1.807) is 23.2 Å². The Hall–Kier alpha value is -1.95. The highest BCUT2D eigenvalue weighted by Crippen LogP contribution is 2.22. The lowest BCUT2D eigenvalue weighted by molar-refractivity contribution is -0.142. The number of aromatic nitrogens is 1. The van der Waals surface area contributed by atoms with Crippen molar-refractivity contribution in [2.45, 2.75) is 25.8 Å². The highest BCUT2D eigenvalue weighted by atomic mass is 32.1. The molecular formula is C15H17N3O2S. The molecule has 2 aromatic rings. The van der Waals surface area contributed by atoms with Crippen molar-refractivity contribution in [1.29, 1.82) is 0 Å². The first kappa shape index (κ1) is 14.0. The van der Waals surface area contributed by atoms with Crippen molar-refractivity contribution >= 4 is 33.4 Å². The third-order valence-corrected chi connectivity index (χ3v) is 4.81. The molecule has 0 bridgehead atoms. The van der Waals surface area contributed by atoms with E-state index in [9.17, 15) is 9.59 Å². The van der Waals surface area contributed by atoms with Gasteiger partial charge in [0.2, 0.25) is 11.8 Å². The van der Waals surface area contributed by atoms with Crippen LogP contribution in [0, 0.1) is 0 Å². The molecule has 1 aliphatic rings. The van der Waals surface area contributed by atoms with Gasteiger partial charge >= 0.3 is 0 Å². The zero-order chi connectivity index (χ0) is 14.8. The Balaban J connectivity index is 1.64. The minimum Gasteiger partial charge on any atom is -0.353 e. The minimum atomic E-state index is -0.374. The standard InChI is InChI=1S/C15H17N3O2S/c1-10-15(20)16-8-9-18(10)14(19)7-6-13-17-11-4-2-3-5-12(11)21-13/h2-5,10H,6-9H2,1H3,(H,16,20). The van der Waals surface area contributed by atoms with E-state index >= 15 is 0 Å². The van der Waals surface area contributed by atoms with E-state index in [1.165, 1.54) is 0 Å². The van der Waals surface area contributed by atoms with Crippen molar-refractivity contribution < 1.29 is 9.59 Å². The summed E-state index contributed by atoms with van der Waals surface area (Å²) in [5.41, 5.74) is 0.982. The first-order valence-electron chi connectivity index (χ1n) is 7.07. The molecule has 1 aliphatic heterocycles. The molecule has 0 radical (unpaired) electrons. The van der Waals surface area contributed by atoms with Crippen molar-refractivity contribution in [2.24, 2.45) is 0 Å². The van der Waals surface area contributed by atoms with Crippen molar-refractivity contribution in [3.05, 3.63) is 29.3 Å². The van der Waals surface area contributed by atoms with Gasteiger partial charge in [-0.05, 0) is 19.1 Å². The molecule has 1 atom stereocenters. The molecule has 5 nitrogen and oxygen atoms in total. The fourth-order valence-corrected chi connectivity index (χ4v) is 3.47. The maximum Gasteiger partial charge on any atom is 0.242 e. The molecule has 0 spiro atoms. The van der Waals surface area contributed by atoms with Crippen LogP contribution in [-0.2, 0) is 16.0 Å². The van der Waals surface area contributed by atoms with Crippen LogP contribution in [0.4, 0.5) is 0 Å². The van der Waals surface area contributed by atoms with Crippen LogP contribution in [0.1, 0.15) is 18.4 Å². The second-order valence-corrected chi connectivity index (χ2v) is 6.24. The van der Waals surface area contributed by atoms with E-state index < -0.39 is 0 Å². The van der Waals surface area contributed by atoms with Gasteiger partial charge in [0.15, 0.2) is 0 Å². The van der Waals surface area contributed by atoms with Crippen molar-refractivity contribution in [3.8, 4) is 0 Å². The predicted octanol–water partition coefficient (Wildman–Crippen LogP) is 1.58. The number of carbonyl (C=O) groups is 2. The monoisotopic (exact) mass is 303 g/mol. The lowest BCUT2D eigenvalue weighted by Crippen LogP contribution is -2.55. The van der Waals surface area contributed by atoms with Crippen molar-refractivity contribution in [3.63, 3.8) is 0 Å². The molecule has 21 heavy (non-hydrogen) atoms. The van der Waals surface area contributed by atoms with Crippen LogP contribution >= 0.6 is 11.3 Å². The first-order valence-corrected chi connectivity index (χ1v) is 7.88. The molecule has 1 aromatic carbocycles. The van der Waals surface area contributed by atoms with Crippen molar-refractivity contribution in [1.82, 2.24) is 15.2 Å². The van der Waals surface area contributed by atoms with Gasteiger partial charge in [-0.25, -0.2) is 4.98 Å². The van der Waals surface area contributed by atoms with Crippen LogP contribution in [0.5, 0.6) is 0 Å². The quantitative estimate of drug-likeness (QED) is 0.936. The van der Waals surface area contributed by atoms with Crippen LogP contribution < -0.4 is 5.32 Å². The van der Waals surface area contributed by atoms with Crippen LogP contribution in [0.2, 0.25) is 0 Å². The number of nitrogens with zero attached hydrogens (tertiary/aromatic N) is 2. The van der Waals surface area contributed by atoms with Gasteiger partial charge in [-0.3, -0.25) is 9.59 Å². The topological polar surface area (TPSA) is 62.3 Å². The van der Waals surface area contributed by atoms with Gasteiger partial charge in [0.1, 0.15) is 6.04 Å². The van der Waals surface area contributed by atoms with Gasteiger partial charge in [0.25, 0.3) is 0 Å². The van der Waals surface area contributed by atoms with Gasteiger partial charge in [0, 0.05) is 25.9 Å². The number of amides is 2. The summed E-state index contributed by atoms with van der Waals surface area (Å²) in [6.45, 7) is 2.89. The molecule has 1 fully saturated rings. The Bertz CT molecular complexity index is 649. The number of rotatable bonds is 3. The molecule has 0 saturated carbocycles. The molecule has 1 aromatic heterocycles. The lowest BCUT2D eigenvalue weighted by atomic mass is 10.1. The number of hydrogen-bond acceptors (Lipinski definition) is 4. The van der Waals surface area contributed by atoms with Gasteiger partial charge in [-0.2, -0.15) is 0 Å². The summed E-state index contributed by atoms with van der Waals surface area (Å²) in [7, 11) is 0. The summed E-state index contributed by atoms with van der Waals surface area (Å²) in [6, 6.07) is 7.60. The second kappa shape index (κ2) is 5.81. The Morgan fingerprint density at radius 3 is 3.10 bits per heavy atom. The Labute approximate surface area is 127 Å². The third-order valence-electron chi connectivity index (χ3n) is 3.71. The zero-order valence-corrected chi connectivity index (χ0v) is 12.7. The average Bonchev–Trinajstić information content (AvgIpc) is 2.90. The highest BCUT2D eigenvalue weighted by Gasteiger charge is 2.28. The third kappa shape index (κ3) is 2.90. The smallest absolute Gasteiger partial charge is 0.242 e. The second-order valence-electron chi connectivity index (χ2n) is 5.13. The predicted molar refractivity (Wildman–Crippen MR) is 82.1 cm³/mol. The summed E-state index contributed by atoms with van der Waals surface area (Å²) in [5, 5.41) is 3.74. The Morgan fingerprint density at radius 1 is 1.48 bits per heavy atom. The number of thiazole rings is 1. The van der Waals surface area contributed by atoms with Gasteiger partial charge < -0.3 is 10.2 Å². The zero-order valence-electron chi connectivity index (χ0n) is 11.8. The van der Waals surface area contributed by atoms with Crippen LogP contribution in [-0.4, -0.2) is 40.8 Å². The van der Waals surface area contributed by atoms with Crippen LogP contribution in [0.3, 0.4) is 0 Å². The summed E-state index contributed by atoms with van der Waals surface area (Å²) in [5.74, 6) is -0.0498. The molecule has 1 unspecified atom stereocenters. The van der Waals surface area contributed by atoms with E-state index in [-0.39, 0.29) is 17.9 Å². The molecular weight excluding hydrogens is 286 g/mol. The summed E-state index contributed by atoms with van der Waals surface area (Å²) in [4.78, 5) is 30.0. The van der Waals surface area contributed by atoms with Crippen LogP contribution in [0.15, 0.2) is 24.3 Å². The van der Waals surface area contributed by atoms with Crippen molar-refractivity contribution in [2.75, 3.05) is 13.1 Å². The van der Waals surface area contributed by atoms with Crippen LogP contribution in [0.25, 0.3) is 10.2 Å². The van der Waals surface area contributed by atoms with E-state index in [2.05, 4.69) is 10.3 Å². The number of hydrogen-bond donors (Lipinski definition) is 1. The largest absolute Gasteiger partial charge is 0.353 e. The summed E-state index contributed by atoms with van der Waals surface area (Å²) in [6.07, 6.45) is 1.03. The molecule has 1 saturated heterocycles. The van der Waals surface area contributed by atoms with Gasteiger partial charge in [-0.1, -0.05) is 12.1 Å². The highest BCUT2D eigenvalue weighted by molar-refractivity contribution is 7.18. The average molecular weight is 303 g/mol. The molecule has 2 amide bonds. The van der Waals surface area contributed by atoms with Gasteiger partial charge in [-0.15, -0.1) is 11.3 Å². The Morgan fingerprint density at radius 2 is 2.29 bits per heavy atom. The minimum absolute atomic E-state index is 0.0246. The fourth-order valence-electron chi connectivity index (χ4n) is 2.51. The maximum absolute atomic E-state index is 12.3. The number of nitrogens with one attached hydrogen (secondary N) is 1. The van der Waals surface area contributed by atoms with E-state index in [4.69, 9.17) is 0 Å². The molecule has 3 rings (SSSR count). The number of carbonyl (C=O) groups excluding carboxylic acids is 2. The first-order chi connectivity index (χ1) is 10.1. The fraction of sp³-hybridized carbons (Fsp3) is 0.400. The number of piperazine rings is 1. The van der Waals surface area contributed by atoms with E-state index in [0.29, 0.717) is 25.9 Å². The number of fused-ring (bicyclic) bond motifs is 1. The number of benzene rings is 1. The molecule has 110 valence electrons. The molecule has 2 heterocycles. The molecule has 6 heteroatoms. The van der Waals surface area contributed by atoms with E-state index in [0.717, 1.165) is 15.2 Å². The molecule has 0 aliphatic carbocycles. The van der Waals surface area contributed by atoms with E-state index in [1.807, 2.05) is 24.3 Å². The Kier molecular flexibility index (Phi) is 3.88. The maximum atomic E-state index is 12.3.